The van der Waals surface area contributed by atoms with E-state index in [0.717, 1.165) is 0 Å². The zero-order valence-corrected chi connectivity index (χ0v) is 13.1. The van der Waals surface area contributed by atoms with Crippen LogP contribution in [0.2, 0.25) is 0 Å². The molecule has 1 fully saturated rings. The van der Waals surface area contributed by atoms with Gasteiger partial charge in [-0.25, -0.2) is 0 Å². The molecule has 2 aromatic rings. The van der Waals surface area contributed by atoms with Crippen LogP contribution in [-0.2, 0) is 0 Å². The third kappa shape index (κ3) is 2.64. The van der Waals surface area contributed by atoms with Gasteiger partial charge in [0.2, 0.25) is 0 Å². The molecule has 0 saturated heterocycles. The van der Waals surface area contributed by atoms with Gasteiger partial charge in [0.05, 0.1) is 0 Å². The van der Waals surface area contributed by atoms with Crippen LogP contribution >= 0.6 is 15.9 Å². The zero-order valence-electron chi connectivity index (χ0n) is 11.5. The van der Waals surface area contributed by atoms with Crippen LogP contribution in [0.25, 0.3) is 10.8 Å². The van der Waals surface area contributed by atoms with Crippen LogP contribution in [0, 0.1) is 5.41 Å². The van der Waals surface area contributed by atoms with E-state index in [2.05, 4.69) is 71.5 Å². The van der Waals surface area contributed by atoms with E-state index in [1.54, 1.807) is 0 Å². The fraction of sp³-hybridized carbons (Fsp3) is 0.412. The minimum atomic E-state index is 0.489. The maximum atomic E-state index is 3.75. The van der Waals surface area contributed by atoms with Crippen molar-refractivity contribution >= 4 is 32.4 Å². The first kappa shape index (κ1) is 13.0. The van der Waals surface area contributed by atoms with Crippen molar-refractivity contribution in [2.45, 2.75) is 39.2 Å². The van der Waals surface area contributed by atoms with Gasteiger partial charge in [-0.3, -0.25) is 0 Å². The molecule has 0 aliphatic heterocycles. The van der Waals surface area contributed by atoms with Gasteiger partial charge in [0.25, 0.3) is 0 Å². The fourth-order valence-corrected chi connectivity index (χ4v) is 3.65. The van der Waals surface area contributed by atoms with Crippen LogP contribution in [0.3, 0.4) is 0 Å². The molecule has 1 aliphatic rings. The molecule has 19 heavy (non-hydrogen) atoms. The van der Waals surface area contributed by atoms with Gasteiger partial charge in [-0.2, -0.15) is 0 Å². The molecule has 0 radical (unpaired) electrons. The number of fused-ring (bicyclic) bond motifs is 1. The minimum Gasteiger partial charge on any atom is -0.382 e. The average Bonchev–Trinajstić information content (AvgIpc) is 2.73. The summed E-state index contributed by atoms with van der Waals surface area (Å²) in [4.78, 5) is 0. The van der Waals surface area contributed by atoms with E-state index in [1.165, 1.54) is 40.2 Å². The van der Waals surface area contributed by atoms with Crippen molar-refractivity contribution in [1.82, 2.24) is 0 Å². The molecule has 0 heterocycles. The molecular weight excluding hydrogens is 298 g/mol. The molecule has 1 atom stereocenters. The summed E-state index contributed by atoms with van der Waals surface area (Å²) in [5, 5.41) is 6.34. The summed E-state index contributed by atoms with van der Waals surface area (Å²) in [6, 6.07) is 13.5. The zero-order chi connectivity index (χ0) is 13.5. The molecule has 3 rings (SSSR count). The van der Waals surface area contributed by atoms with Gasteiger partial charge in [-0.1, -0.05) is 54.0 Å². The summed E-state index contributed by atoms with van der Waals surface area (Å²) in [6.07, 6.45) is 3.86. The molecule has 2 heteroatoms. The predicted octanol–water partition coefficient (Wildman–Crippen LogP) is 5.59. The van der Waals surface area contributed by atoms with Crippen molar-refractivity contribution in [1.29, 1.82) is 0 Å². The molecule has 0 bridgehead atoms. The second-order valence-electron chi connectivity index (χ2n) is 6.39. The lowest BCUT2D eigenvalue weighted by Crippen LogP contribution is -2.17. The Balaban J connectivity index is 1.92. The normalized spacial score (nSPS) is 21.7. The molecule has 0 amide bonds. The predicted molar refractivity (Wildman–Crippen MR) is 86.7 cm³/mol. The maximum Gasteiger partial charge on any atom is 0.0422 e. The first-order valence-electron chi connectivity index (χ1n) is 6.99. The molecule has 0 spiro atoms. The average molecular weight is 318 g/mol. The quantitative estimate of drug-likeness (QED) is 0.761. The summed E-state index contributed by atoms with van der Waals surface area (Å²) in [7, 11) is 0. The standard InChI is InChI=1S/C17H20BrN/c1-17(2)10-9-12(11-17)19-16-8-7-15(18)13-5-3-4-6-14(13)16/h3-8,12,19H,9-11H2,1-2H3. The largest absolute Gasteiger partial charge is 0.382 e. The number of nitrogens with one attached hydrogen (secondary N) is 1. The highest BCUT2D eigenvalue weighted by Gasteiger charge is 2.30. The van der Waals surface area contributed by atoms with Crippen molar-refractivity contribution in [3.63, 3.8) is 0 Å². The van der Waals surface area contributed by atoms with E-state index >= 15 is 0 Å². The molecular formula is C17H20BrN. The highest BCUT2D eigenvalue weighted by molar-refractivity contribution is 9.10. The molecule has 0 aromatic heterocycles. The highest BCUT2D eigenvalue weighted by atomic mass is 79.9. The summed E-state index contributed by atoms with van der Waals surface area (Å²) in [5.74, 6) is 0. The number of hydrogen-bond acceptors (Lipinski definition) is 1. The van der Waals surface area contributed by atoms with E-state index in [9.17, 15) is 0 Å². The van der Waals surface area contributed by atoms with Gasteiger partial charge in [-0.05, 0) is 42.2 Å². The van der Waals surface area contributed by atoms with Crippen LogP contribution in [0.4, 0.5) is 5.69 Å². The van der Waals surface area contributed by atoms with E-state index < -0.39 is 0 Å². The Hall–Kier alpha value is -1.02. The maximum absolute atomic E-state index is 3.75. The van der Waals surface area contributed by atoms with Gasteiger partial charge in [-0.15, -0.1) is 0 Å². The number of hydrogen-bond donors (Lipinski definition) is 1. The monoisotopic (exact) mass is 317 g/mol. The van der Waals surface area contributed by atoms with Crippen LogP contribution in [0.5, 0.6) is 0 Å². The van der Waals surface area contributed by atoms with Crippen molar-refractivity contribution in [3.8, 4) is 0 Å². The molecule has 100 valence electrons. The molecule has 1 unspecified atom stereocenters. The van der Waals surface area contributed by atoms with Crippen molar-refractivity contribution in [2.75, 3.05) is 5.32 Å². The summed E-state index contributed by atoms with van der Waals surface area (Å²) < 4.78 is 1.17. The first-order valence-corrected chi connectivity index (χ1v) is 7.78. The Kier molecular flexibility index (Phi) is 3.30. The second-order valence-corrected chi connectivity index (χ2v) is 7.24. The van der Waals surface area contributed by atoms with Gasteiger partial charge in [0, 0.05) is 21.6 Å². The second kappa shape index (κ2) is 4.82. The Morgan fingerprint density at radius 3 is 2.53 bits per heavy atom. The van der Waals surface area contributed by atoms with Gasteiger partial charge in [0.15, 0.2) is 0 Å². The third-order valence-corrected chi connectivity index (χ3v) is 4.89. The number of benzene rings is 2. The van der Waals surface area contributed by atoms with E-state index in [1.807, 2.05) is 0 Å². The van der Waals surface area contributed by atoms with Crippen molar-refractivity contribution in [3.05, 3.63) is 40.9 Å². The molecule has 1 aliphatic carbocycles. The van der Waals surface area contributed by atoms with Gasteiger partial charge < -0.3 is 5.32 Å². The number of halogens is 1. The third-order valence-electron chi connectivity index (χ3n) is 4.20. The number of anilines is 1. The smallest absolute Gasteiger partial charge is 0.0422 e. The lowest BCUT2D eigenvalue weighted by atomic mass is 9.92. The number of rotatable bonds is 2. The van der Waals surface area contributed by atoms with Crippen molar-refractivity contribution < 1.29 is 0 Å². The van der Waals surface area contributed by atoms with Crippen LogP contribution < -0.4 is 5.32 Å². The topological polar surface area (TPSA) is 12.0 Å². The van der Waals surface area contributed by atoms with Gasteiger partial charge in [0.1, 0.15) is 0 Å². The van der Waals surface area contributed by atoms with Gasteiger partial charge >= 0.3 is 0 Å². The molecule has 1 N–H and O–H groups in total. The summed E-state index contributed by atoms with van der Waals surface area (Å²) in [6.45, 7) is 4.74. The molecule has 1 saturated carbocycles. The first-order chi connectivity index (χ1) is 9.05. The Bertz CT molecular complexity index is 603. The van der Waals surface area contributed by atoms with Crippen molar-refractivity contribution in [2.24, 2.45) is 5.41 Å². The van der Waals surface area contributed by atoms with Crippen LogP contribution in [-0.4, -0.2) is 6.04 Å². The Morgan fingerprint density at radius 2 is 1.84 bits per heavy atom. The SMILES string of the molecule is CC1(C)CCC(Nc2ccc(Br)c3ccccc23)C1. The lowest BCUT2D eigenvalue weighted by molar-refractivity contribution is 0.378. The summed E-state index contributed by atoms with van der Waals surface area (Å²) in [5.41, 5.74) is 1.75. The fourth-order valence-electron chi connectivity index (χ4n) is 3.17. The lowest BCUT2D eigenvalue weighted by Gasteiger charge is -2.19. The Morgan fingerprint density at radius 1 is 1.11 bits per heavy atom. The summed E-state index contributed by atoms with van der Waals surface area (Å²) >= 11 is 3.63. The minimum absolute atomic E-state index is 0.489. The van der Waals surface area contributed by atoms with E-state index in [-0.39, 0.29) is 0 Å². The molecule has 1 nitrogen and oxygen atoms in total. The molecule has 2 aromatic carbocycles. The van der Waals surface area contributed by atoms with E-state index in [0.29, 0.717) is 11.5 Å². The highest BCUT2D eigenvalue weighted by Crippen LogP contribution is 2.39. The van der Waals surface area contributed by atoms with Crippen LogP contribution in [0.15, 0.2) is 40.9 Å². The van der Waals surface area contributed by atoms with E-state index in [4.69, 9.17) is 0 Å². The van der Waals surface area contributed by atoms with Crippen LogP contribution in [0.1, 0.15) is 33.1 Å². The Labute approximate surface area is 123 Å².